The summed E-state index contributed by atoms with van der Waals surface area (Å²) >= 11 is 0. The Balaban J connectivity index is 0.00000336. The number of methoxy groups -OCH3 is 1. The third-order valence-corrected chi connectivity index (χ3v) is 6.58. The van der Waals surface area contributed by atoms with Crippen molar-refractivity contribution in [1.29, 1.82) is 0 Å². The van der Waals surface area contributed by atoms with Crippen molar-refractivity contribution >= 4 is 34.8 Å². The van der Waals surface area contributed by atoms with E-state index in [1.54, 1.807) is 19.5 Å². The third-order valence-electron chi connectivity index (χ3n) is 6.58. The molecule has 0 saturated carbocycles. The lowest BCUT2D eigenvalue weighted by molar-refractivity contribution is 0.198. The Morgan fingerprint density at radius 1 is 1.03 bits per heavy atom. The molecule has 1 aliphatic rings. The van der Waals surface area contributed by atoms with Gasteiger partial charge in [-0.2, -0.15) is 0 Å². The van der Waals surface area contributed by atoms with Gasteiger partial charge in [0.2, 0.25) is 11.8 Å². The minimum atomic E-state index is 0. The average Bonchev–Trinajstić information content (AvgIpc) is 2.94. The number of benzene rings is 2. The summed E-state index contributed by atoms with van der Waals surface area (Å²) < 4.78 is 11.7. The lowest BCUT2D eigenvalue weighted by Gasteiger charge is -2.23. The highest BCUT2D eigenvalue weighted by Gasteiger charge is 2.17. The molecule has 1 saturated heterocycles. The number of ether oxygens (including phenoxy) is 2. The molecule has 2 aromatic carbocycles. The van der Waals surface area contributed by atoms with Crippen LogP contribution in [0.15, 0.2) is 60.9 Å². The van der Waals surface area contributed by atoms with E-state index in [2.05, 4.69) is 63.2 Å². The second kappa shape index (κ2) is 13.4. The van der Waals surface area contributed by atoms with Gasteiger partial charge in [-0.15, -0.1) is 12.4 Å². The summed E-state index contributed by atoms with van der Waals surface area (Å²) in [6, 6.07) is 16.6. The van der Waals surface area contributed by atoms with Crippen molar-refractivity contribution in [3.05, 3.63) is 66.5 Å². The van der Waals surface area contributed by atoms with Crippen LogP contribution in [0.5, 0.6) is 11.6 Å². The van der Waals surface area contributed by atoms with Crippen LogP contribution in [0.3, 0.4) is 0 Å². The first kappa shape index (κ1) is 27.6. The van der Waals surface area contributed by atoms with E-state index in [0.29, 0.717) is 17.9 Å². The number of piperidine rings is 1. The standard InChI is InChI=1S/C29H34N6O2.ClH/c1-20-11-12-22-23(8-3-10-25(22)31-16-6-18-36-2)27(20)37-28-24(9-5-15-32-28)26-13-17-33-29(35-26)34-21-7-4-14-30-19-21;/h3,5,8-13,15,17,21,30-31H,4,6-7,14,16,18-19H2,1-2H3,(H,33,34,35);1H/t21-;/m0./s1. The summed E-state index contributed by atoms with van der Waals surface area (Å²) in [7, 11) is 1.73. The lowest BCUT2D eigenvalue weighted by atomic mass is 10.0. The fourth-order valence-electron chi connectivity index (χ4n) is 4.67. The number of aromatic nitrogens is 3. The lowest BCUT2D eigenvalue weighted by Crippen LogP contribution is -2.38. The molecule has 0 amide bonds. The molecule has 0 spiro atoms. The molecule has 0 radical (unpaired) electrons. The first-order valence-corrected chi connectivity index (χ1v) is 12.9. The quantitative estimate of drug-likeness (QED) is 0.219. The van der Waals surface area contributed by atoms with Gasteiger partial charge < -0.3 is 25.4 Å². The van der Waals surface area contributed by atoms with Crippen LogP contribution in [0.1, 0.15) is 24.8 Å². The normalized spacial score (nSPS) is 15.1. The number of nitrogens with one attached hydrogen (secondary N) is 3. The van der Waals surface area contributed by atoms with E-state index in [4.69, 9.17) is 14.5 Å². The maximum absolute atomic E-state index is 6.55. The number of rotatable bonds is 10. The third kappa shape index (κ3) is 6.51. The van der Waals surface area contributed by atoms with Gasteiger partial charge in [-0.05, 0) is 62.6 Å². The van der Waals surface area contributed by atoms with E-state index in [1.165, 1.54) is 0 Å². The molecule has 1 atom stereocenters. The zero-order valence-corrected chi connectivity index (χ0v) is 22.7. The van der Waals surface area contributed by atoms with E-state index in [1.807, 2.05) is 18.2 Å². The number of hydrogen-bond donors (Lipinski definition) is 3. The van der Waals surface area contributed by atoms with Crippen molar-refractivity contribution in [2.45, 2.75) is 32.2 Å². The minimum Gasteiger partial charge on any atom is -0.437 e. The molecular weight excluding hydrogens is 500 g/mol. The first-order chi connectivity index (χ1) is 18.2. The van der Waals surface area contributed by atoms with Gasteiger partial charge in [-0.25, -0.2) is 15.0 Å². The van der Waals surface area contributed by atoms with Gasteiger partial charge >= 0.3 is 0 Å². The number of pyridine rings is 1. The SMILES string of the molecule is COCCCNc1cccc2c(Oc3ncccc3-c3ccnc(N[C@H]4CCCNC4)n3)c(C)ccc12.Cl. The zero-order chi connectivity index (χ0) is 25.5. The molecule has 3 N–H and O–H groups in total. The predicted molar refractivity (Wildman–Crippen MR) is 156 cm³/mol. The Morgan fingerprint density at radius 3 is 2.79 bits per heavy atom. The maximum Gasteiger partial charge on any atom is 0.228 e. The Labute approximate surface area is 230 Å². The molecule has 5 rings (SSSR count). The molecule has 1 aliphatic heterocycles. The minimum absolute atomic E-state index is 0. The second-order valence-electron chi connectivity index (χ2n) is 9.30. The smallest absolute Gasteiger partial charge is 0.228 e. The van der Waals surface area contributed by atoms with Gasteiger partial charge in [-0.1, -0.05) is 24.3 Å². The van der Waals surface area contributed by atoms with Crippen molar-refractivity contribution in [2.75, 3.05) is 44.0 Å². The highest BCUT2D eigenvalue weighted by molar-refractivity contribution is 5.98. The van der Waals surface area contributed by atoms with Gasteiger partial charge in [0.05, 0.1) is 11.3 Å². The molecule has 38 heavy (non-hydrogen) atoms. The molecule has 4 aromatic rings. The largest absolute Gasteiger partial charge is 0.437 e. The van der Waals surface area contributed by atoms with Gasteiger partial charge in [0, 0.05) is 61.7 Å². The molecule has 3 heterocycles. The van der Waals surface area contributed by atoms with Crippen molar-refractivity contribution in [3.8, 4) is 22.9 Å². The van der Waals surface area contributed by atoms with Crippen LogP contribution >= 0.6 is 12.4 Å². The second-order valence-corrected chi connectivity index (χ2v) is 9.30. The number of aryl methyl sites for hydroxylation is 1. The summed E-state index contributed by atoms with van der Waals surface area (Å²) in [4.78, 5) is 13.8. The average molecular weight is 535 g/mol. The van der Waals surface area contributed by atoms with Crippen LogP contribution in [-0.4, -0.2) is 54.3 Å². The number of fused-ring (bicyclic) bond motifs is 1. The highest BCUT2D eigenvalue weighted by atomic mass is 35.5. The molecule has 8 nitrogen and oxygen atoms in total. The van der Waals surface area contributed by atoms with Crippen molar-refractivity contribution in [3.63, 3.8) is 0 Å². The van der Waals surface area contributed by atoms with Gasteiger partial charge in [0.15, 0.2) is 0 Å². The first-order valence-electron chi connectivity index (χ1n) is 12.9. The van der Waals surface area contributed by atoms with Crippen LogP contribution in [0.2, 0.25) is 0 Å². The summed E-state index contributed by atoms with van der Waals surface area (Å²) in [5, 5.41) is 12.5. The van der Waals surface area contributed by atoms with Crippen LogP contribution < -0.4 is 20.7 Å². The van der Waals surface area contributed by atoms with Crippen molar-refractivity contribution < 1.29 is 9.47 Å². The molecule has 0 bridgehead atoms. The van der Waals surface area contributed by atoms with Crippen molar-refractivity contribution in [2.24, 2.45) is 0 Å². The molecular formula is C29H35ClN6O2. The fraction of sp³-hybridized carbons (Fsp3) is 0.345. The summed E-state index contributed by atoms with van der Waals surface area (Å²) in [5.74, 6) is 1.92. The Morgan fingerprint density at radius 2 is 1.95 bits per heavy atom. The molecule has 0 unspecified atom stereocenters. The summed E-state index contributed by atoms with van der Waals surface area (Å²) in [5.41, 5.74) is 3.70. The number of nitrogens with zero attached hydrogens (tertiary/aromatic N) is 3. The molecule has 1 fully saturated rings. The Bertz CT molecular complexity index is 1350. The molecule has 9 heteroatoms. The van der Waals surface area contributed by atoms with Crippen molar-refractivity contribution in [1.82, 2.24) is 20.3 Å². The topological polar surface area (TPSA) is 93.2 Å². The monoisotopic (exact) mass is 534 g/mol. The predicted octanol–water partition coefficient (Wildman–Crippen LogP) is 5.83. The van der Waals surface area contributed by atoms with E-state index >= 15 is 0 Å². The van der Waals surface area contributed by atoms with Gasteiger partial charge in [0.25, 0.3) is 0 Å². The highest BCUT2D eigenvalue weighted by Crippen LogP contribution is 2.38. The van der Waals surface area contributed by atoms with E-state index in [0.717, 1.165) is 84.5 Å². The molecule has 0 aliphatic carbocycles. The van der Waals surface area contributed by atoms with E-state index in [-0.39, 0.29) is 12.4 Å². The van der Waals surface area contributed by atoms with E-state index < -0.39 is 0 Å². The molecule has 200 valence electrons. The van der Waals surface area contributed by atoms with Gasteiger partial charge in [-0.3, -0.25) is 0 Å². The van der Waals surface area contributed by atoms with Crippen LogP contribution in [0.25, 0.3) is 22.0 Å². The number of hydrogen-bond acceptors (Lipinski definition) is 8. The fourth-order valence-corrected chi connectivity index (χ4v) is 4.67. The zero-order valence-electron chi connectivity index (χ0n) is 21.9. The summed E-state index contributed by atoms with van der Waals surface area (Å²) in [6.07, 6.45) is 6.71. The number of anilines is 2. The van der Waals surface area contributed by atoms with Crippen LogP contribution in [0.4, 0.5) is 11.6 Å². The summed E-state index contributed by atoms with van der Waals surface area (Å²) in [6.45, 7) is 5.60. The van der Waals surface area contributed by atoms with E-state index in [9.17, 15) is 0 Å². The Hall–Kier alpha value is -3.46. The number of halogens is 1. The molecule has 2 aromatic heterocycles. The Kier molecular flexibility index (Phi) is 9.70. The maximum atomic E-state index is 6.55. The van der Waals surface area contributed by atoms with Crippen LogP contribution in [-0.2, 0) is 4.74 Å². The van der Waals surface area contributed by atoms with Gasteiger partial charge in [0.1, 0.15) is 5.75 Å². The van der Waals surface area contributed by atoms with Crippen LogP contribution in [0, 0.1) is 6.92 Å².